The van der Waals surface area contributed by atoms with Crippen molar-refractivity contribution in [3.8, 4) is 16.9 Å². The Bertz CT molecular complexity index is 1190. The number of carboxylic acid groups (broad SMARTS) is 1. The maximum Gasteiger partial charge on any atom is 0.311 e. The lowest BCUT2D eigenvalue weighted by atomic mass is 9.94. The minimum absolute atomic E-state index is 0.0159. The number of carbonyl (C=O) groups is 1. The summed E-state index contributed by atoms with van der Waals surface area (Å²) < 4.78 is 23.9. The Labute approximate surface area is 231 Å². The van der Waals surface area contributed by atoms with Gasteiger partial charge in [-0.05, 0) is 85.2 Å². The van der Waals surface area contributed by atoms with E-state index in [-0.39, 0.29) is 16.3 Å². The Morgan fingerprint density at radius 2 is 1.95 bits per heavy atom. The number of aliphatic carboxylic acids is 1. The Balaban J connectivity index is 1.23. The van der Waals surface area contributed by atoms with Crippen LogP contribution in [-0.4, -0.2) is 34.0 Å². The van der Waals surface area contributed by atoms with Crippen LogP contribution in [0.15, 0.2) is 60.1 Å². The number of rotatable bonds is 9. The number of carboxylic acids is 1. The molecule has 0 radical (unpaired) electrons. The summed E-state index contributed by atoms with van der Waals surface area (Å²) in [6.45, 7) is 5.45. The minimum Gasteiger partial charge on any atom is -0.493 e. The number of hydrogen-bond acceptors (Lipinski definition) is 5. The van der Waals surface area contributed by atoms with Crippen LogP contribution in [0, 0.1) is 19.8 Å². The largest absolute Gasteiger partial charge is 0.493 e. The molecule has 1 saturated carbocycles. The molecule has 1 aliphatic heterocycles. The third-order valence-electron chi connectivity index (χ3n) is 7.01. The smallest absolute Gasteiger partial charge is 0.311 e. The van der Waals surface area contributed by atoms with Gasteiger partial charge in [0.15, 0.2) is 6.29 Å². The maximum absolute atomic E-state index is 11.3. The van der Waals surface area contributed by atoms with Crippen LogP contribution in [0.1, 0.15) is 48.8 Å². The predicted molar refractivity (Wildman–Crippen MR) is 150 cm³/mol. The molecule has 1 unspecified atom stereocenters. The molecule has 3 aliphatic rings. The second-order valence-electron chi connectivity index (χ2n) is 9.98. The summed E-state index contributed by atoms with van der Waals surface area (Å²) in [7, 11) is 0. The first-order chi connectivity index (χ1) is 17.9. The monoisotopic (exact) mass is 616 g/mol. The van der Waals surface area contributed by atoms with E-state index in [1.54, 1.807) is 0 Å². The fourth-order valence-corrected chi connectivity index (χ4v) is 6.14. The lowest BCUT2D eigenvalue weighted by molar-refractivity contribution is -0.139. The van der Waals surface area contributed by atoms with Crippen molar-refractivity contribution < 1.29 is 28.8 Å². The van der Waals surface area contributed by atoms with E-state index in [0.29, 0.717) is 6.61 Å². The quantitative estimate of drug-likeness (QED) is 0.245. The summed E-state index contributed by atoms with van der Waals surface area (Å²) >= 11 is 2.15. The third-order valence-corrected chi connectivity index (χ3v) is 8.50. The molecule has 2 aromatic carbocycles. The molecule has 7 heteroatoms. The van der Waals surface area contributed by atoms with Gasteiger partial charge in [0.2, 0.25) is 0 Å². The average Bonchev–Trinajstić information content (AvgIpc) is 3.52. The van der Waals surface area contributed by atoms with Crippen LogP contribution in [0.3, 0.4) is 0 Å². The number of hydrogen-bond donors (Lipinski definition) is 1. The number of benzene rings is 2. The summed E-state index contributed by atoms with van der Waals surface area (Å²) in [6, 6.07) is 12.6. The van der Waals surface area contributed by atoms with E-state index in [4.69, 9.17) is 18.9 Å². The van der Waals surface area contributed by atoms with Crippen LogP contribution in [0.25, 0.3) is 11.1 Å². The van der Waals surface area contributed by atoms with Crippen molar-refractivity contribution in [1.82, 2.24) is 0 Å². The van der Waals surface area contributed by atoms with E-state index < -0.39 is 11.9 Å². The van der Waals surface area contributed by atoms with Crippen LogP contribution in [0.4, 0.5) is 0 Å². The number of alkyl halides is 1. The van der Waals surface area contributed by atoms with Crippen molar-refractivity contribution in [3.63, 3.8) is 0 Å². The molecule has 1 heterocycles. The van der Waals surface area contributed by atoms with Gasteiger partial charge in [-0.3, -0.25) is 4.79 Å². The standard InChI is InChI=1S/C30H33IO6/c1-18-13-24(36-25-11-3-4-12-34-25)14-19(2)26(18)21-8-5-7-20(15-21)17-35-22-9-6-10-23(16-22)37-29-27(28(29)31)30(32)33/h5,7-9,13-16,25,27-29H,3-4,6,10-12,17H2,1-2H3,(H,32,33)/t25?,27-,28-,29+/m1/s1. The highest BCUT2D eigenvalue weighted by atomic mass is 127. The van der Waals surface area contributed by atoms with Gasteiger partial charge in [0.25, 0.3) is 0 Å². The van der Waals surface area contributed by atoms with Gasteiger partial charge in [0, 0.05) is 18.9 Å². The lowest BCUT2D eigenvalue weighted by Crippen LogP contribution is -2.25. The molecule has 1 N–H and O–H groups in total. The molecule has 2 fully saturated rings. The Kier molecular flexibility index (Phi) is 8.09. The van der Waals surface area contributed by atoms with Gasteiger partial charge in [-0.2, -0.15) is 0 Å². The van der Waals surface area contributed by atoms with E-state index >= 15 is 0 Å². The summed E-state index contributed by atoms with van der Waals surface area (Å²) in [6.07, 6.45) is 8.31. The van der Waals surface area contributed by atoms with Crippen molar-refractivity contribution in [3.05, 3.63) is 76.8 Å². The molecule has 6 nitrogen and oxygen atoms in total. The maximum atomic E-state index is 11.3. The fourth-order valence-electron chi connectivity index (χ4n) is 5.06. The van der Waals surface area contributed by atoms with Crippen LogP contribution in [0.5, 0.6) is 5.75 Å². The molecule has 37 heavy (non-hydrogen) atoms. The minimum atomic E-state index is -0.793. The SMILES string of the molecule is Cc1cc(OC2CCCCO2)cc(C)c1-c1cccc(COC2=CCCC(O[C@@H]3[C@H](I)[C@H]3C(=O)O)=C2)c1. The van der Waals surface area contributed by atoms with E-state index in [1.807, 2.05) is 6.08 Å². The number of ether oxygens (including phenoxy) is 4. The average molecular weight is 616 g/mol. The highest BCUT2D eigenvalue weighted by Gasteiger charge is 2.56. The molecule has 1 saturated heterocycles. The molecule has 0 spiro atoms. The molecule has 4 atom stereocenters. The van der Waals surface area contributed by atoms with E-state index in [9.17, 15) is 9.90 Å². The molecule has 196 valence electrons. The van der Waals surface area contributed by atoms with Crippen LogP contribution >= 0.6 is 22.6 Å². The number of halogens is 1. The summed E-state index contributed by atoms with van der Waals surface area (Å²) in [4.78, 5) is 11.3. The summed E-state index contributed by atoms with van der Waals surface area (Å²) in [5, 5.41) is 9.25. The van der Waals surface area contributed by atoms with Gasteiger partial charge < -0.3 is 24.1 Å². The van der Waals surface area contributed by atoms with Crippen LogP contribution in [-0.2, 0) is 25.6 Å². The zero-order valence-electron chi connectivity index (χ0n) is 21.2. The predicted octanol–water partition coefficient (Wildman–Crippen LogP) is 6.86. The lowest BCUT2D eigenvalue weighted by Gasteiger charge is -2.24. The second-order valence-corrected chi connectivity index (χ2v) is 11.4. The third kappa shape index (κ3) is 6.32. The first-order valence-electron chi connectivity index (χ1n) is 12.9. The highest BCUT2D eigenvalue weighted by molar-refractivity contribution is 14.1. The molecule has 2 aromatic rings. The van der Waals surface area contributed by atoms with Crippen LogP contribution < -0.4 is 4.74 Å². The molecule has 2 aliphatic carbocycles. The topological polar surface area (TPSA) is 74.2 Å². The van der Waals surface area contributed by atoms with Crippen molar-refractivity contribution in [2.24, 2.45) is 5.92 Å². The first-order valence-corrected chi connectivity index (χ1v) is 14.2. The number of aryl methyl sites for hydroxylation is 2. The fraction of sp³-hybridized carbons (Fsp3) is 0.433. The number of allylic oxidation sites excluding steroid dienone is 3. The zero-order chi connectivity index (χ0) is 25.9. The van der Waals surface area contributed by atoms with E-state index in [1.165, 1.54) is 5.56 Å². The van der Waals surface area contributed by atoms with Crippen molar-refractivity contribution in [2.75, 3.05) is 6.61 Å². The normalized spacial score (nSPS) is 25.1. The molecule has 0 amide bonds. The van der Waals surface area contributed by atoms with Gasteiger partial charge in [0.1, 0.15) is 35.9 Å². The summed E-state index contributed by atoms with van der Waals surface area (Å²) in [5.74, 6) is 1.21. The van der Waals surface area contributed by atoms with E-state index in [0.717, 1.165) is 78.2 Å². The molecular weight excluding hydrogens is 583 g/mol. The Morgan fingerprint density at radius 3 is 2.65 bits per heavy atom. The molecule has 5 rings (SSSR count). The second kappa shape index (κ2) is 11.5. The first kappa shape index (κ1) is 26.1. The molecule has 0 aromatic heterocycles. The molecule has 0 bridgehead atoms. The van der Waals surface area contributed by atoms with Gasteiger partial charge in [-0.1, -0.05) is 40.8 Å². The van der Waals surface area contributed by atoms with Crippen molar-refractivity contribution >= 4 is 28.6 Å². The Hall–Kier alpha value is -2.52. The van der Waals surface area contributed by atoms with Gasteiger partial charge in [-0.25, -0.2) is 0 Å². The van der Waals surface area contributed by atoms with Gasteiger partial charge in [-0.15, -0.1) is 0 Å². The highest BCUT2D eigenvalue weighted by Crippen LogP contribution is 2.44. The van der Waals surface area contributed by atoms with Crippen molar-refractivity contribution in [1.29, 1.82) is 0 Å². The van der Waals surface area contributed by atoms with Crippen LogP contribution in [0.2, 0.25) is 0 Å². The van der Waals surface area contributed by atoms with Crippen molar-refractivity contribution in [2.45, 2.75) is 68.9 Å². The molecular formula is C30H33IO6. The Morgan fingerprint density at radius 1 is 1.14 bits per heavy atom. The summed E-state index contributed by atoms with van der Waals surface area (Å²) in [5.41, 5.74) is 5.76. The zero-order valence-corrected chi connectivity index (χ0v) is 23.4. The van der Waals surface area contributed by atoms with Gasteiger partial charge >= 0.3 is 5.97 Å². The van der Waals surface area contributed by atoms with E-state index in [2.05, 4.69) is 78.9 Å². The van der Waals surface area contributed by atoms with Gasteiger partial charge in [0.05, 0.1) is 10.5 Å².